The molecule has 23 heavy (non-hydrogen) atoms. The minimum Gasteiger partial charge on any atom is -0.322 e. The van der Waals surface area contributed by atoms with Crippen LogP contribution < -0.4 is 10.2 Å². The first kappa shape index (κ1) is 16.0. The van der Waals surface area contributed by atoms with E-state index in [2.05, 4.69) is 10.3 Å². The first-order chi connectivity index (χ1) is 10.9. The van der Waals surface area contributed by atoms with Crippen molar-refractivity contribution < 1.29 is 9.59 Å². The largest absolute Gasteiger partial charge is 0.322 e. The normalized spacial score (nSPS) is 16.0. The molecule has 5 nitrogen and oxygen atoms in total. The van der Waals surface area contributed by atoms with E-state index in [1.54, 1.807) is 24.8 Å². The highest BCUT2D eigenvalue weighted by molar-refractivity contribution is 8.01. The van der Waals surface area contributed by atoms with Gasteiger partial charge < -0.3 is 5.32 Å². The number of carbonyl (C=O) groups excluding carboxylic acids is 2. The van der Waals surface area contributed by atoms with Crippen molar-refractivity contribution in [2.24, 2.45) is 0 Å². The predicted octanol–water partition coefficient (Wildman–Crippen LogP) is 3.31. The predicted molar refractivity (Wildman–Crippen MR) is 94.2 cm³/mol. The van der Waals surface area contributed by atoms with Crippen molar-refractivity contribution in [3.8, 4) is 0 Å². The first-order valence-corrected chi connectivity index (χ1v) is 9.04. The lowest BCUT2D eigenvalue weighted by molar-refractivity contribution is -0.125. The van der Waals surface area contributed by atoms with Crippen LogP contribution in [0.4, 0.5) is 11.4 Å². The van der Waals surface area contributed by atoms with Gasteiger partial charge in [0.25, 0.3) is 0 Å². The van der Waals surface area contributed by atoms with Crippen LogP contribution >= 0.6 is 23.1 Å². The molecule has 1 N–H and O–H groups in total. The lowest BCUT2D eigenvalue weighted by Gasteiger charge is -2.42. The minimum atomic E-state index is -0.926. The summed E-state index contributed by atoms with van der Waals surface area (Å²) in [6.07, 6.45) is 0. The fourth-order valence-corrected chi connectivity index (χ4v) is 4.18. The zero-order valence-corrected chi connectivity index (χ0v) is 14.8. The molecule has 0 fully saturated rings. The Labute approximate surface area is 143 Å². The van der Waals surface area contributed by atoms with E-state index < -0.39 is 5.54 Å². The van der Waals surface area contributed by atoms with Crippen molar-refractivity contribution >= 4 is 46.3 Å². The molecule has 1 aliphatic rings. The van der Waals surface area contributed by atoms with Gasteiger partial charge in [-0.25, -0.2) is 4.98 Å². The van der Waals surface area contributed by atoms with Crippen LogP contribution in [0.25, 0.3) is 0 Å². The zero-order chi connectivity index (χ0) is 16.6. The van der Waals surface area contributed by atoms with E-state index in [1.807, 2.05) is 30.5 Å². The monoisotopic (exact) mass is 347 g/mol. The molecule has 2 amide bonds. The molecule has 120 valence electrons. The van der Waals surface area contributed by atoms with Gasteiger partial charge in [-0.05, 0) is 32.9 Å². The lowest BCUT2D eigenvalue weighted by Crippen LogP contribution is -2.58. The number of rotatable bonds is 3. The van der Waals surface area contributed by atoms with E-state index in [4.69, 9.17) is 0 Å². The minimum absolute atomic E-state index is 0.102. The van der Waals surface area contributed by atoms with Crippen molar-refractivity contribution in [1.82, 2.24) is 4.98 Å². The number of anilines is 2. The van der Waals surface area contributed by atoms with E-state index in [0.29, 0.717) is 5.69 Å². The highest BCUT2D eigenvalue weighted by Crippen LogP contribution is 2.37. The maximum Gasteiger partial charge on any atom is 0.250 e. The molecule has 1 aromatic carbocycles. The van der Waals surface area contributed by atoms with Gasteiger partial charge in [0.2, 0.25) is 11.8 Å². The summed E-state index contributed by atoms with van der Waals surface area (Å²) in [5.74, 6) is -0.0346. The molecule has 0 saturated carbocycles. The fourth-order valence-electron chi connectivity index (χ4n) is 2.49. The SMILES string of the molecule is Cc1csc(SCC(=O)N2c3ccccc3NC(=O)C2(C)C)n1. The average Bonchev–Trinajstić information content (AvgIpc) is 2.91. The highest BCUT2D eigenvalue weighted by atomic mass is 32.2. The van der Waals surface area contributed by atoms with E-state index >= 15 is 0 Å². The first-order valence-electron chi connectivity index (χ1n) is 7.18. The van der Waals surface area contributed by atoms with Crippen LogP contribution in [-0.4, -0.2) is 28.1 Å². The Morgan fingerprint density at radius 1 is 1.39 bits per heavy atom. The molecule has 1 aromatic heterocycles. The molecular formula is C16H17N3O2S2. The number of fused-ring (bicyclic) bond motifs is 1. The Kier molecular flexibility index (Phi) is 4.16. The molecule has 0 unspecified atom stereocenters. The Bertz CT molecular complexity index is 770. The van der Waals surface area contributed by atoms with Gasteiger partial charge in [-0.3, -0.25) is 14.5 Å². The zero-order valence-electron chi connectivity index (χ0n) is 13.1. The van der Waals surface area contributed by atoms with Gasteiger partial charge in [0, 0.05) is 11.1 Å². The number of hydrogen-bond donors (Lipinski definition) is 1. The van der Waals surface area contributed by atoms with Crippen molar-refractivity contribution in [3.05, 3.63) is 35.3 Å². The van der Waals surface area contributed by atoms with Crippen LogP contribution in [0.2, 0.25) is 0 Å². The number of hydrogen-bond acceptors (Lipinski definition) is 5. The van der Waals surface area contributed by atoms with Gasteiger partial charge in [-0.15, -0.1) is 11.3 Å². The number of nitrogens with one attached hydrogen (secondary N) is 1. The van der Waals surface area contributed by atoms with E-state index in [9.17, 15) is 9.59 Å². The van der Waals surface area contributed by atoms with Gasteiger partial charge in [0.05, 0.1) is 17.1 Å². The summed E-state index contributed by atoms with van der Waals surface area (Å²) in [6, 6.07) is 7.36. The van der Waals surface area contributed by atoms with Crippen LogP contribution in [-0.2, 0) is 9.59 Å². The van der Waals surface area contributed by atoms with E-state index in [-0.39, 0.29) is 17.6 Å². The summed E-state index contributed by atoms with van der Waals surface area (Å²) in [7, 11) is 0. The third-order valence-electron chi connectivity index (χ3n) is 3.67. The molecule has 0 atom stereocenters. The standard InChI is InChI=1S/C16H17N3O2S2/c1-10-8-22-15(17-10)23-9-13(20)19-12-7-5-4-6-11(12)18-14(21)16(19,2)3/h4-8H,9H2,1-3H3,(H,18,21). The lowest BCUT2D eigenvalue weighted by atomic mass is 9.96. The second-order valence-electron chi connectivity index (χ2n) is 5.80. The van der Waals surface area contributed by atoms with E-state index in [1.165, 1.54) is 23.1 Å². The Morgan fingerprint density at radius 3 is 2.83 bits per heavy atom. The summed E-state index contributed by atoms with van der Waals surface area (Å²) >= 11 is 2.93. The second kappa shape index (κ2) is 5.98. The van der Waals surface area contributed by atoms with E-state index in [0.717, 1.165) is 15.7 Å². The fraction of sp³-hybridized carbons (Fsp3) is 0.312. The number of nitrogens with zero attached hydrogens (tertiary/aromatic N) is 2. The summed E-state index contributed by atoms with van der Waals surface area (Å²) in [5.41, 5.74) is 1.43. The summed E-state index contributed by atoms with van der Waals surface area (Å²) in [5, 5.41) is 4.82. The number of thioether (sulfide) groups is 1. The molecule has 0 aliphatic carbocycles. The average molecular weight is 347 g/mol. The summed E-state index contributed by atoms with van der Waals surface area (Å²) in [6.45, 7) is 5.44. The molecule has 0 bridgehead atoms. The van der Waals surface area contributed by atoms with Crippen LogP contribution in [0.5, 0.6) is 0 Å². The number of amides is 2. The number of carbonyl (C=O) groups is 2. The topological polar surface area (TPSA) is 62.3 Å². The van der Waals surface area contributed by atoms with Crippen molar-refractivity contribution in [2.75, 3.05) is 16.0 Å². The smallest absolute Gasteiger partial charge is 0.250 e. The molecule has 7 heteroatoms. The van der Waals surface area contributed by atoms with Crippen LogP contribution in [0.3, 0.4) is 0 Å². The van der Waals surface area contributed by atoms with Crippen molar-refractivity contribution in [1.29, 1.82) is 0 Å². The Hall–Kier alpha value is -1.86. The molecule has 2 heterocycles. The van der Waals surface area contributed by atoms with Crippen molar-refractivity contribution in [2.45, 2.75) is 30.6 Å². The molecule has 2 aromatic rings. The number of para-hydroxylation sites is 2. The van der Waals surface area contributed by atoms with Crippen LogP contribution in [0.1, 0.15) is 19.5 Å². The quantitative estimate of drug-likeness (QED) is 0.865. The van der Waals surface area contributed by atoms with Gasteiger partial charge in [0.1, 0.15) is 5.54 Å². The molecule has 0 radical (unpaired) electrons. The third-order valence-corrected chi connectivity index (χ3v) is 5.80. The third kappa shape index (κ3) is 2.98. The summed E-state index contributed by atoms with van der Waals surface area (Å²) < 4.78 is 0.864. The Balaban J connectivity index is 1.86. The second-order valence-corrected chi connectivity index (χ2v) is 7.88. The van der Waals surface area contributed by atoms with Gasteiger partial charge in [0.15, 0.2) is 4.34 Å². The number of benzene rings is 1. The van der Waals surface area contributed by atoms with Gasteiger partial charge in [-0.2, -0.15) is 0 Å². The number of aryl methyl sites for hydroxylation is 1. The molecule has 3 rings (SSSR count). The molecular weight excluding hydrogens is 330 g/mol. The van der Waals surface area contributed by atoms with Gasteiger partial charge in [-0.1, -0.05) is 23.9 Å². The molecule has 0 saturated heterocycles. The highest BCUT2D eigenvalue weighted by Gasteiger charge is 2.43. The molecule has 0 spiro atoms. The maximum atomic E-state index is 12.8. The maximum absolute atomic E-state index is 12.8. The molecule has 1 aliphatic heterocycles. The van der Waals surface area contributed by atoms with Crippen molar-refractivity contribution in [3.63, 3.8) is 0 Å². The van der Waals surface area contributed by atoms with Gasteiger partial charge >= 0.3 is 0 Å². The Morgan fingerprint density at radius 2 is 2.13 bits per heavy atom. The number of aromatic nitrogens is 1. The van der Waals surface area contributed by atoms with Crippen LogP contribution in [0.15, 0.2) is 34.0 Å². The summed E-state index contributed by atoms with van der Waals surface area (Å²) in [4.78, 5) is 31.1. The number of thiazole rings is 1. The van der Waals surface area contributed by atoms with Crippen LogP contribution in [0, 0.1) is 6.92 Å².